The fourth-order valence-corrected chi connectivity index (χ4v) is 2.19. The van der Waals surface area contributed by atoms with Crippen molar-refractivity contribution in [3.8, 4) is 23.0 Å². The molecule has 0 amide bonds. The Hall–Kier alpha value is -3.15. The second kappa shape index (κ2) is 6.95. The van der Waals surface area contributed by atoms with E-state index in [9.17, 15) is 4.79 Å². The average Bonchev–Trinajstić information content (AvgIpc) is 3.09. The van der Waals surface area contributed by atoms with Crippen LogP contribution in [0, 0.1) is 0 Å². The fraction of sp³-hybridized carbons (Fsp3) is 0.167. The molecule has 2 aromatic carbocycles. The maximum atomic E-state index is 11.7. The minimum atomic E-state index is -0.0943. The molecular weight excluding hydrogens is 308 g/mol. The van der Waals surface area contributed by atoms with Gasteiger partial charge in [-0.3, -0.25) is 4.79 Å². The van der Waals surface area contributed by atoms with E-state index in [-0.39, 0.29) is 12.4 Å². The van der Waals surface area contributed by atoms with Crippen molar-refractivity contribution in [1.82, 2.24) is 10.2 Å². The molecule has 1 aromatic heterocycles. The van der Waals surface area contributed by atoms with Crippen LogP contribution in [-0.2, 0) is 6.61 Å². The molecule has 24 heavy (non-hydrogen) atoms. The largest absolute Gasteiger partial charge is 0.497 e. The third-order valence-corrected chi connectivity index (χ3v) is 3.41. The lowest BCUT2D eigenvalue weighted by atomic mass is 10.1. The van der Waals surface area contributed by atoms with Gasteiger partial charge in [0.2, 0.25) is 5.89 Å². The molecule has 3 rings (SSSR count). The smallest absolute Gasteiger partial charge is 0.254 e. The molecule has 0 saturated carbocycles. The molecule has 0 spiro atoms. The van der Waals surface area contributed by atoms with Gasteiger partial charge in [0.05, 0.1) is 12.7 Å². The van der Waals surface area contributed by atoms with Crippen LogP contribution in [0.4, 0.5) is 0 Å². The van der Waals surface area contributed by atoms with E-state index in [0.29, 0.717) is 28.8 Å². The first kappa shape index (κ1) is 15.7. The Morgan fingerprint density at radius 1 is 1.12 bits per heavy atom. The molecule has 6 nitrogen and oxygen atoms in total. The number of ether oxygens (including phenoxy) is 2. The van der Waals surface area contributed by atoms with E-state index < -0.39 is 0 Å². The summed E-state index contributed by atoms with van der Waals surface area (Å²) in [5.74, 6) is 1.67. The predicted octanol–water partition coefficient (Wildman–Crippen LogP) is 3.53. The minimum Gasteiger partial charge on any atom is -0.497 e. The zero-order chi connectivity index (χ0) is 16.9. The second-order valence-electron chi connectivity index (χ2n) is 5.07. The molecule has 0 bridgehead atoms. The monoisotopic (exact) mass is 324 g/mol. The van der Waals surface area contributed by atoms with Crippen molar-refractivity contribution in [3.63, 3.8) is 0 Å². The Morgan fingerprint density at radius 3 is 2.62 bits per heavy atom. The quantitative estimate of drug-likeness (QED) is 0.646. The number of ketones is 1. The molecule has 0 N–H and O–H groups in total. The Kier molecular flexibility index (Phi) is 4.56. The molecule has 3 aromatic rings. The molecule has 0 unspecified atom stereocenters. The van der Waals surface area contributed by atoms with Gasteiger partial charge in [0, 0.05) is 11.6 Å². The van der Waals surface area contributed by atoms with Crippen LogP contribution in [-0.4, -0.2) is 23.1 Å². The summed E-state index contributed by atoms with van der Waals surface area (Å²) in [7, 11) is 1.55. The topological polar surface area (TPSA) is 74.5 Å². The number of carbonyl (C=O) groups is 1. The summed E-state index contributed by atoms with van der Waals surface area (Å²) in [6.07, 6.45) is 0. The van der Waals surface area contributed by atoms with Crippen molar-refractivity contribution in [3.05, 3.63) is 60.0 Å². The maximum Gasteiger partial charge on any atom is 0.254 e. The number of nitrogens with zero attached hydrogens (tertiary/aromatic N) is 2. The van der Waals surface area contributed by atoms with Gasteiger partial charge in [-0.2, -0.15) is 0 Å². The summed E-state index contributed by atoms with van der Waals surface area (Å²) >= 11 is 0. The average molecular weight is 324 g/mol. The van der Waals surface area contributed by atoms with Crippen LogP contribution in [0.1, 0.15) is 23.2 Å². The van der Waals surface area contributed by atoms with Crippen LogP contribution < -0.4 is 9.47 Å². The molecule has 0 aliphatic rings. The van der Waals surface area contributed by atoms with Crippen LogP contribution in [0.25, 0.3) is 11.5 Å². The first-order valence-electron chi connectivity index (χ1n) is 7.37. The molecule has 0 radical (unpaired) electrons. The normalized spacial score (nSPS) is 10.4. The summed E-state index contributed by atoms with van der Waals surface area (Å²) in [5, 5.41) is 7.97. The highest BCUT2D eigenvalue weighted by Gasteiger charge is 2.13. The predicted molar refractivity (Wildman–Crippen MR) is 87.1 cm³/mol. The third kappa shape index (κ3) is 3.43. The zero-order valence-corrected chi connectivity index (χ0v) is 13.4. The molecule has 0 aliphatic carbocycles. The van der Waals surface area contributed by atoms with Gasteiger partial charge in [-0.05, 0) is 31.2 Å². The summed E-state index contributed by atoms with van der Waals surface area (Å²) in [6.45, 7) is 1.54. The number of methoxy groups -OCH3 is 1. The number of hydrogen-bond donors (Lipinski definition) is 0. The SMILES string of the molecule is COc1ccc(C(C)=O)c(OCc2nnc(-c3ccccc3)o2)c1. The Balaban J connectivity index is 1.77. The van der Waals surface area contributed by atoms with E-state index in [2.05, 4.69) is 10.2 Å². The molecular formula is C18H16N2O4. The van der Waals surface area contributed by atoms with Crippen molar-refractivity contribution in [2.75, 3.05) is 7.11 Å². The molecule has 0 fully saturated rings. The zero-order valence-electron chi connectivity index (χ0n) is 13.4. The molecule has 0 aliphatic heterocycles. The lowest BCUT2D eigenvalue weighted by molar-refractivity contribution is 0.101. The van der Waals surface area contributed by atoms with Gasteiger partial charge < -0.3 is 13.9 Å². The highest BCUT2D eigenvalue weighted by molar-refractivity contribution is 5.97. The number of hydrogen-bond acceptors (Lipinski definition) is 6. The number of rotatable bonds is 6. The van der Waals surface area contributed by atoms with Crippen LogP contribution >= 0.6 is 0 Å². The van der Waals surface area contributed by atoms with E-state index in [1.807, 2.05) is 30.3 Å². The lowest BCUT2D eigenvalue weighted by Gasteiger charge is -2.09. The number of aromatic nitrogens is 2. The van der Waals surface area contributed by atoms with E-state index in [1.54, 1.807) is 25.3 Å². The molecule has 1 heterocycles. The summed E-state index contributed by atoms with van der Waals surface area (Å²) in [6, 6.07) is 14.5. The van der Waals surface area contributed by atoms with Gasteiger partial charge >= 0.3 is 0 Å². The minimum absolute atomic E-state index is 0.0628. The van der Waals surface area contributed by atoms with E-state index in [0.717, 1.165) is 5.56 Å². The number of Topliss-reactive ketones (excluding diaryl/α,β-unsaturated/α-hetero) is 1. The molecule has 0 atom stereocenters. The van der Waals surface area contributed by atoms with Crippen molar-refractivity contribution in [2.24, 2.45) is 0 Å². The lowest BCUT2D eigenvalue weighted by Crippen LogP contribution is -2.02. The highest BCUT2D eigenvalue weighted by Crippen LogP contribution is 2.26. The van der Waals surface area contributed by atoms with E-state index in [1.165, 1.54) is 6.92 Å². The van der Waals surface area contributed by atoms with Gasteiger partial charge in [0.1, 0.15) is 11.5 Å². The van der Waals surface area contributed by atoms with Crippen LogP contribution in [0.5, 0.6) is 11.5 Å². The Labute approximate surface area is 139 Å². The molecule has 6 heteroatoms. The number of carbonyl (C=O) groups excluding carboxylic acids is 1. The molecule has 122 valence electrons. The van der Waals surface area contributed by atoms with Crippen LogP contribution in [0.15, 0.2) is 52.9 Å². The van der Waals surface area contributed by atoms with Crippen molar-refractivity contribution >= 4 is 5.78 Å². The Bertz CT molecular complexity index is 843. The standard InChI is InChI=1S/C18H16N2O4/c1-12(21)15-9-8-14(22-2)10-16(15)23-11-17-19-20-18(24-17)13-6-4-3-5-7-13/h3-10H,11H2,1-2H3. The summed E-state index contributed by atoms with van der Waals surface area (Å²) in [5.41, 5.74) is 1.31. The summed E-state index contributed by atoms with van der Waals surface area (Å²) < 4.78 is 16.4. The highest BCUT2D eigenvalue weighted by atomic mass is 16.5. The van der Waals surface area contributed by atoms with Crippen LogP contribution in [0.2, 0.25) is 0 Å². The van der Waals surface area contributed by atoms with Gasteiger partial charge in [0.25, 0.3) is 5.89 Å². The number of benzene rings is 2. The van der Waals surface area contributed by atoms with Gasteiger partial charge in [-0.15, -0.1) is 10.2 Å². The third-order valence-electron chi connectivity index (χ3n) is 3.41. The Morgan fingerprint density at radius 2 is 1.92 bits per heavy atom. The molecule has 0 saturated heterocycles. The van der Waals surface area contributed by atoms with Crippen molar-refractivity contribution in [2.45, 2.75) is 13.5 Å². The van der Waals surface area contributed by atoms with Crippen LogP contribution in [0.3, 0.4) is 0 Å². The van der Waals surface area contributed by atoms with Gasteiger partial charge in [-0.25, -0.2) is 0 Å². The second-order valence-corrected chi connectivity index (χ2v) is 5.07. The summed E-state index contributed by atoms with van der Waals surface area (Å²) in [4.78, 5) is 11.7. The van der Waals surface area contributed by atoms with Gasteiger partial charge in [0.15, 0.2) is 12.4 Å². The fourth-order valence-electron chi connectivity index (χ4n) is 2.19. The van der Waals surface area contributed by atoms with E-state index >= 15 is 0 Å². The maximum absolute atomic E-state index is 11.7. The van der Waals surface area contributed by atoms with Crippen molar-refractivity contribution < 1.29 is 18.7 Å². The van der Waals surface area contributed by atoms with Gasteiger partial charge in [-0.1, -0.05) is 18.2 Å². The first-order chi connectivity index (χ1) is 11.7. The van der Waals surface area contributed by atoms with E-state index in [4.69, 9.17) is 13.9 Å². The van der Waals surface area contributed by atoms with Crippen molar-refractivity contribution in [1.29, 1.82) is 0 Å². The first-order valence-corrected chi connectivity index (χ1v) is 7.37.